The van der Waals surface area contributed by atoms with Crippen molar-refractivity contribution < 1.29 is 4.79 Å². The van der Waals surface area contributed by atoms with E-state index in [0.29, 0.717) is 6.54 Å². The Bertz CT molecular complexity index is 1110. The molecule has 41 heavy (non-hydrogen) atoms. The van der Waals surface area contributed by atoms with Gasteiger partial charge in [-0.2, -0.15) is 0 Å². The van der Waals surface area contributed by atoms with Crippen LogP contribution in [0.4, 0.5) is 0 Å². The van der Waals surface area contributed by atoms with Crippen LogP contribution in [0.3, 0.4) is 0 Å². The van der Waals surface area contributed by atoms with E-state index < -0.39 is 0 Å². The average molecular weight is 558 g/mol. The Hall–Kier alpha value is -3.48. The molecule has 1 unspecified atom stereocenters. The summed E-state index contributed by atoms with van der Waals surface area (Å²) in [5.41, 5.74) is 6.25. The highest BCUT2D eigenvalue weighted by Gasteiger charge is 2.22. The molecule has 6 nitrogen and oxygen atoms in total. The number of aryl methyl sites for hydroxylation is 1. The summed E-state index contributed by atoms with van der Waals surface area (Å²) < 4.78 is 0. The van der Waals surface area contributed by atoms with E-state index in [0.717, 1.165) is 44.5 Å². The Labute approximate surface area is 248 Å². The number of amides is 1. The van der Waals surface area contributed by atoms with Gasteiger partial charge in [0.15, 0.2) is 0 Å². The molecule has 0 aromatic heterocycles. The molecule has 0 aliphatic rings. The van der Waals surface area contributed by atoms with Crippen LogP contribution in [0.1, 0.15) is 72.8 Å². The molecule has 2 rings (SSSR count). The molecule has 1 atom stereocenters. The van der Waals surface area contributed by atoms with Crippen molar-refractivity contribution in [3.05, 3.63) is 102 Å². The summed E-state index contributed by atoms with van der Waals surface area (Å²) in [6, 6.07) is 15.1. The highest BCUT2D eigenvalue weighted by molar-refractivity contribution is 5.81. The Balaban J connectivity index is 1.69. The van der Waals surface area contributed by atoms with Crippen molar-refractivity contribution in [3.8, 4) is 0 Å². The molecule has 6 heteroatoms. The topological polar surface area (TPSA) is 80.2 Å². The van der Waals surface area contributed by atoms with Crippen LogP contribution in [0.5, 0.6) is 0 Å². The molecule has 0 aliphatic carbocycles. The van der Waals surface area contributed by atoms with Gasteiger partial charge in [-0.15, -0.1) is 6.58 Å². The lowest BCUT2D eigenvalue weighted by atomic mass is 9.98. The van der Waals surface area contributed by atoms with E-state index >= 15 is 0 Å². The Morgan fingerprint density at radius 1 is 1.00 bits per heavy atom. The van der Waals surface area contributed by atoms with Crippen LogP contribution in [0, 0.1) is 5.41 Å². The summed E-state index contributed by atoms with van der Waals surface area (Å²) >= 11 is 0. The number of hydrogen-bond donors (Lipinski definition) is 4. The maximum Gasteiger partial charge on any atom is 0.237 e. The zero-order chi connectivity index (χ0) is 29.7. The van der Waals surface area contributed by atoms with Crippen LogP contribution in [0.25, 0.3) is 6.08 Å². The number of carbonyl (C=O) groups excluding carboxylic acids is 1. The van der Waals surface area contributed by atoms with Crippen molar-refractivity contribution in [1.29, 1.82) is 5.41 Å². The predicted octanol–water partition coefficient (Wildman–Crippen LogP) is 6.38. The van der Waals surface area contributed by atoms with Crippen LogP contribution in [-0.4, -0.2) is 43.7 Å². The monoisotopic (exact) mass is 557 g/mol. The smallest absolute Gasteiger partial charge is 0.237 e. The summed E-state index contributed by atoms with van der Waals surface area (Å²) in [5, 5.41) is 16.6. The van der Waals surface area contributed by atoms with E-state index in [1.807, 2.05) is 19.2 Å². The number of likely N-dealkylation sites (N-methyl/N-ethyl adjacent to an activating group) is 2. The first-order chi connectivity index (χ1) is 20.0. The minimum atomic E-state index is -0.178. The number of benzene rings is 2. The van der Waals surface area contributed by atoms with E-state index in [1.54, 1.807) is 19.3 Å². The van der Waals surface area contributed by atoms with Gasteiger partial charge in [-0.1, -0.05) is 80.5 Å². The normalized spacial score (nSPS) is 11.9. The predicted molar refractivity (Wildman–Crippen MR) is 175 cm³/mol. The number of nitrogens with zero attached hydrogens (tertiary/aromatic N) is 1. The molecule has 0 fully saturated rings. The van der Waals surface area contributed by atoms with Crippen molar-refractivity contribution >= 4 is 18.2 Å². The van der Waals surface area contributed by atoms with Crippen LogP contribution < -0.4 is 16.0 Å². The van der Waals surface area contributed by atoms with Gasteiger partial charge in [0.1, 0.15) is 0 Å². The molecule has 2 aromatic carbocycles. The third-order valence-corrected chi connectivity index (χ3v) is 7.33. The molecule has 0 radical (unpaired) electrons. The molecule has 0 saturated heterocycles. The van der Waals surface area contributed by atoms with Gasteiger partial charge in [-0.3, -0.25) is 9.69 Å². The van der Waals surface area contributed by atoms with Gasteiger partial charge in [-0.05, 0) is 85.8 Å². The van der Waals surface area contributed by atoms with E-state index in [9.17, 15) is 4.79 Å². The van der Waals surface area contributed by atoms with Crippen molar-refractivity contribution in [1.82, 2.24) is 20.9 Å². The average Bonchev–Trinajstić information content (AvgIpc) is 2.99. The standard InChI is InChI=1S/C35H51N5O/c1-5-7-18-34(35(41)37-3)40(4)28-33-25-29(19-20-32(33)6-2)15-11-9-8-10-12-22-38-26-30-16-13-17-31(24-30)27-39-23-14-21-36/h5-6,13-14,16-17,19-21,23-25,34,36,38-39H,1-2,7-12,15,18,22,26-28H2,3-4H3,(H,37,41)/b23-14-,36-21?. The number of unbranched alkanes of at least 4 members (excludes halogenated alkanes) is 4. The van der Waals surface area contributed by atoms with Gasteiger partial charge in [0.25, 0.3) is 0 Å². The van der Waals surface area contributed by atoms with Crippen molar-refractivity contribution in [2.24, 2.45) is 0 Å². The Kier molecular flexibility index (Phi) is 16.8. The van der Waals surface area contributed by atoms with Gasteiger partial charge in [-0.25, -0.2) is 0 Å². The number of allylic oxidation sites excluding steroid dienone is 2. The van der Waals surface area contributed by atoms with Gasteiger partial charge in [0, 0.05) is 32.9 Å². The van der Waals surface area contributed by atoms with Gasteiger partial charge in [0.05, 0.1) is 6.04 Å². The molecule has 0 spiro atoms. The molecule has 2 aromatic rings. The van der Waals surface area contributed by atoms with Crippen LogP contribution in [-0.2, 0) is 30.8 Å². The zero-order valence-electron chi connectivity index (χ0n) is 25.3. The first-order valence-corrected chi connectivity index (χ1v) is 15.0. The van der Waals surface area contributed by atoms with Crippen LogP contribution in [0.2, 0.25) is 0 Å². The zero-order valence-corrected chi connectivity index (χ0v) is 25.3. The lowest BCUT2D eigenvalue weighted by molar-refractivity contribution is -0.125. The van der Waals surface area contributed by atoms with E-state index in [4.69, 9.17) is 5.41 Å². The summed E-state index contributed by atoms with van der Waals surface area (Å²) in [5.74, 6) is 0.0486. The van der Waals surface area contributed by atoms with Crippen LogP contribution >= 0.6 is 0 Å². The summed E-state index contributed by atoms with van der Waals surface area (Å²) in [6.45, 7) is 11.2. The quantitative estimate of drug-likeness (QED) is 0.0770. The molecule has 0 saturated carbocycles. The van der Waals surface area contributed by atoms with E-state index in [-0.39, 0.29) is 11.9 Å². The molecule has 0 bridgehead atoms. The second-order valence-corrected chi connectivity index (χ2v) is 10.6. The lowest BCUT2D eigenvalue weighted by Crippen LogP contribution is -2.43. The number of nitrogens with one attached hydrogen (secondary N) is 4. The third kappa shape index (κ3) is 13.2. The Morgan fingerprint density at radius 2 is 1.76 bits per heavy atom. The van der Waals surface area contributed by atoms with E-state index in [1.165, 1.54) is 60.6 Å². The number of hydrogen-bond acceptors (Lipinski definition) is 5. The minimum Gasteiger partial charge on any atom is -0.387 e. The summed E-state index contributed by atoms with van der Waals surface area (Å²) in [4.78, 5) is 14.6. The fourth-order valence-electron chi connectivity index (χ4n) is 5.01. The van der Waals surface area contributed by atoms with Crippen LogP contribution in [0.15, 0.2) is 74.0 Å². The minimum absolute atomic E-state index is 0.0486. The maximum atomic E-state index is 12.5. The highest BCUT2D eigenvalue weighted by atomic mass is 16.2. The van der Waals surface area contributed by atoms with Gasteiger partial charge in [0.2, 0.25) is 5.91 Å². The molecular weight excluding hydrogens is 506 g/mol. The fourth-order valence-corrected chi connectivity index (χ4v) is 5.01. The molecule has 4 N–H and O–H groups in total. The highest BCUT2D eigenvalue weighted by Crippen LogP contribution is 2.20. The summed E-state index contributed by atoms with van der Waals surface area (Å²) in [7, 11) is 3.72. The largest absolute Gasteiger partial charge is 0.387 e. The molecule has 222 valence electrons. The second kappa shape index (κ2) is 20.4. The lowest BCUT2D eigenvalue weighted by Gasteiger charge is -2.27. The van der Waals surface area contributed by atoms with Crippen molar-refractivity contribution in [3.63, 3.8) is 0 Å². The van der Waals surface area contributed by atoms with Gasteiger partial charge < -0.3 is 21.4 Å². The third-order valence-electron chi connectivity index (χ3n) is 7.33. The maximum absolute atomic E-state index is 12.5. The molecule has 0 aliphatic heterocycles. The first-order valence-electron chi connectivity index (χ1n) is 15.0. The molecule has 0 heterocycles. The SMILES string of the molecule is C=CCCC(C(=O)NC)N(C)Cc1cc(CCCCCCCNCc2cccc(CN/C=C\C=N)c2)ccc1C=C. The van der Waals surface area contributed by atoms with E-state index in [2.05, 4.69) is 76.5 Å². The fraction of sp³-hybridized carbons (Fsp3) is 0.429. The van der Waals surface area contributed by atoms with Crippen molar-refractivity contribution in [2.75, 3.05) is 20.6 Å². The first kappa shape index (κ1) is 33.7. The van der Waals surface area contributed by atoms with Gasteiger partial charge >= 0.3 is 0 Å². The number of carbonyl (C=O) groups is 1. The summed E-state index contributed by atoms with van der Waals surface area (Å²) in [6.07, 6.45) is 17.3. The molecule has 1 amide bonds. The van der Waals surface area contributed by atoms with Crippen molar-refractivity contribution in [2.45, 2.75) is 77.0 Å². The number of rotatable bonds is 22. The second-order valence-electron chi connectivity index (χ2n) is 10.6. The Morgan fingerprint density at radius 3 is 2.49 bits per heavy atom. The molecular formula is C35H51N5O.